The molecular weight excluding hydrogens is 240 g/mol. The normalized spacial score (nSPS) is 10.7. The molecule has 0 saturated carbocycles. The van der Waals surface area contributed by atoms with Crippen LogP contribution in [0.4, 0.5) is 0 Å². The maximum atomic E-state index is 11.4. The summed E-state index contributed by atoms with van der Waals surface area (Å²) in [5.74, 6) is -0.932. The quantitative estimate of drug-likeness (QED) is 0.915. The lowest BCUT2D eigenvalue weighted by atomic mass is 10.0. The highest BCUT2D eigenvalue weighted by molar-refractivity contribution is 5.95. The Morgan fingerprint density at radius 1 is 1.37 bits per heavy atom. The number of carboxylic acid groups (broad SMARTS) is 1. The van der Waals surface area contributed by atoms with Crippen molar-refractivity contribution in [1.29, 1.82) is 0 Å². The minimum atomic E-state index is -0.932. The molecule has 0 aliphatic rings. The van der Waals surface area contributed by atoms with Crippen LogP contribution in [0.3, 0.4) is 0 Å². The van der Waals surface area contributed by atoms with Crippen LogP contribution in [0.15, 0.2) is 24.4 Å². The zero-order valence-corrected chi connectivity index (χ0v) is 11.5. The van der Waals surface area contributed by atoms with Crippen LogP contribution < -0.4 is 0 Å². The molecule has 0 radical (unpaired) electrons. The number of hydrogen-bond donors (Lipinski definition) is 1. The highest BCUT2D eigenvalue weighted by Crippen LogP contribution is 2.26. The maximum Gasteiger partial charge on any atom is 0.339 e. The summed E-state index contributed by atoms with van der Waals surface area (Å²) in [5.41, 5.74) is 3.85. The molecule has 2 rings (SSSR count). The van der Waals surface area contributed by atoms with E-state index in [-0.39, 0.29) is 5.56 Å². The summed E-state index contributed by atoms with van der Waals surface area (Å²) >= 11 is 0. The Morgan fingerprint density at radius 3 is 2.74 bits per heavy atom. The van der Waals surface area contributed by atoms with Crippen LogP contribution in [-0.2, 0) is 6.54 Å². The van der Waals surface area contributed by atoms with Crippen molar-refractivity contribution in [2.75, 3.05) is 0 Å². The van der Waals surface area contributed by atoms with Crippen molar-refractivity contribution in [2.24, 2.45) is 0 Å². The Kier molecular flexibility index (Phi) is 3.69. The van der Waals surface area contributed by atoms with Crippen LogP contribution in [-0.4, -0.2) is 20.9 Å². The molecule has 0 fully saturated rings. The summed E-state index contributed by atoms with van der Waals surface area (Å²) in [7, 11) is 0. The van der Waals surface area contributed by atoms with Gasteiger partial charge in [0, 0.05) is 18.3 Å². The number of carboxylic acids is 1. The molecule has 0 spiro atoms. The van der Waals surface area contributed by atoms with E-state index in [1.165, 1.54) is 0 Å². The molecule has 0 atom stereocenters. The molecule has 1 aromatic heterocycles. The average Bonchev–Trinajstić information content (AvgIpc) is 2.77. The van der Waals surface area contributed by atoms with Gasteiger partial charge in [-0.1, -0.05) is 24.6 Å². The lowest BCUT2D eigenvalue weighted by molar-refractivity contribution is 0.0697. The average molecular weight is 258 g/mol. The fourth-order valence-corrected chi connectivity index (χ4v) is 2.11. The highest BCUT2D eigenvalue weighted by Gasteiger charge is 2.18. The molecule has 1 heterocycles. The van der Waals surface area contributed by atoms with Crippen molar-refractivity contribution in [3.63, 3.8) is 0 Å². The molecule has 1 N–H and O–H groups in total. The minimum Gasteiger partial charge on any atom is -0.478 e. The second-order valence-corrected chi connectivity index (χ2v) is 4.78. The molecule has 0 unspecified atom stereocenters. The first-order chi connectivity index (χ1) is 9.02. The van der Waals surface area contributed by atoms with Gasteiger partial charge < -0.3 is 5.11 Å². The van der Waals surface area contributed by atoms with Crippen LogP contribution >= 0.6 is 0 Å². The first-order valence-electron chi connectivity index (χ1n) is 6.41. The van der Waals surface area contributed by atoms with Gasteiger partial charge in [-0.15, -0.1) is 0 Å². The zero-order chi connectivity index (χ0) is 14.0. The van der Waals surface area contributed by atoms with E-state index in [0.29, 0.717) is 5.69 Å². The van der Waals surface area contributed by atoms with Crippen LogP contribution in [0.25, 0.3) is 11.3 Å². The molecular formula is C15H18N2O2. The van der Waals surface area contributed by atoms with Crippen molar-refractivity contribution < 1.29 is 9.90 Å². The Balaban J connectivity index is 2.59. The van der Waals surface area contributed by atoms with Gasteiger partial charge in [-0.05, 0) is 31.9 Å². The topological polar surface area (TPSA) is 55.1 Å². The summed E-state index contributed by atoms with van der Waals surface area (Å²) in [6.45, 7) is 6.73. The van der Waals surface area contributed by atoms with Crippen LogP contribution in [0.1, 0.15) is 34.8 Å². The number of hydrogen-bond acceptors (Lipinski definition) is 2. The third-order valence-corrected chi connectivity index (χ3v) is 3.09. The van der Waals surface area contributed by atoms with E-state index in [1.807, 2.05) is 39.0 Å². The first kappa shape index (κ1) is 13.3. The molecule has 4 nitrogen and oxygen atoms in total. The van der Waals surface area contributed by atoms with Crippen LogP contribution in [0, 0.1) is 13.8 Å². The Hall–Kier alpha value is -2.10. The molecule has 0 saturated heterocycles. The van der Waals surface area contributed by atoms with Gasteiger partial charge in [0.25, 0.3) is 0 Å². The minimum absolute atomic E-state index is 0.266. The van der Waals surface area contributed by atoms with Crippen molar-refractivity contribution in [3.05, 3.63) is 41.1 Å². The molecule has 4 heteroatoms. The molecule has 0 amide bonds. The number of aryl methyl sites for hydroxylation is 3. The second-order valence-electron chi connectivity index (χ2n) is 4.78. The van der Waals surface area contributed by atoms with Crippen LogP contribution in [0.2, 0.25) is 0 Å². The van der Waals surface area contributed by atoms with Gasteiger partial charge in [0.05, 0.1) is 0 Å². The third kappa shape index (κ3) is 2.67. The number of benzene rings is 1. The smallest absolute Gasteiger partial charge is 0.339 e. The SMILES string of the molecule is CCCn1cc(C(=O)O)c(-c2cc(C)ccc2C)n1. The van der Waals surface area contributed by atoms with E-state index in [1.54, 1.807) is 10.9 Å². The molecule has 0 bridgehead atoms. The van der Waals surface area contributed by atoms with Gasteiger partial charge in [-0.25, -0.2) is 4.79 Å². The number of carbonyl (C=O) groups is 1. The van der Waals surface area contributed by atoms with Gasteiger partial charge >= 0.3 is 5.97 Å². The fourth-order valence-electron chi connectivity index (χ4n) is 2.11. The lowest BCUT2D eigenvalue weighted by Crippen LogP contribution is -1.98. The van der Waals surface area contributed by atoms with Gasteiger partial charge in [0.1, 0.15) is 11.3 Å². The van der Waals surface area contributed by atoms with E-state index in [0.717, 1.165) is 29.7 Å². The van der Waals surface area contributed by atoms with Gasteiger partial charge in [-0.3, -0.25) is 4.68 Å². The van der Waals surface area contributed by atoms with E-state index >= 15 is 0 Å². The Morgan fingerprint density at radius 2 is 2.11 bits per heavy atom. The van der Waals surface area contributed by atoms with Gasteiger partial charge in [-0.2, -0.15) is 5.10 Å². The van der Waals surface area contributed by atoms with Gasteiger partial charge in [0.2, 0.25) is 0 Å². The predicted molar refractivity (Wildman–Crippen MR) is 74.4 cm³/mol. The molecule has 2 aromatic rings. The molecule has 19 heavy (non-hydrogen) atoms. The number of nitrogens with zero attached hydrogens (tertiary/aromatic N) is 2. The summed E-state index contributed by atoms with van der Waals surface area (Å²) in [4.78, 5) is 11.4. The van der Waals surface area contributed by atoms with E-state index in [9.17, 15) is 9.90 Å². The van der Waals surface area contributed by atoms with E-state index in [4.69, 9.17) is 0 Å². The maximum absolute atomic E-state index is 11.4. The predicted octanol–water partition coefficient (Wildman–Crippen LogP) is 3.28. The largest absolute Gasteiger partial charge is 0.478 e. The van der Waals surface area contributed by atoms with E-state index < -0.39 is 5.97 Å². The summed E-state index contributed by atoms with van der Waals surface area (Å²) in [5, 5.41) is 13.7. The first-order valence-corrected chi connectivity index (χ1v) is 6.41. The third-order valence-electron chi connectivity index (χ3n) is 3.09. The van der Waals surface area contributed by atoms with Gasteiger partial charge in [0.15, 0.2) is 0 Å². The molecule has 1 aromatic carbocycles. The van der Waals surface area contributed by atoms with Crippen molar-refractivity contribution in [2.45, 2.75) is 33.7 Å². The summed E-state index contributed by atoms with van der Waals surface area (Å²) in [6, 6.07) is 6.00. The fraction of sp³-hybridized carbons (Fsp3) is 0.333. The number of rotatable bonds is 4. The summed E-state index contributed by atoms with van der Waals surface area (Å²) < 4.78 is 1.71. The second kappa shape index (κ2) is 5.26. The molecule has 0 aliphatic carbocycles. The lowest BCUT2D eigenvalue weighted by Gasteiger charge is -2.05. The standard InChI is InChI=1S/C15H18N2O2/c1-4-7-17-9-13(15(18)19)14(16-17)12-8-10(2)5-6-11(12)3/h5-6,8-9H,4,7H2,1-3H3,(H,18,19). The Labute approximate surface area is 112 Å². The van der Waals surface area contributed by atoms with Crippen molar-refractivity contribution in [3.8, 4) is 11.3 Å². The zero-order valence-electron chi connectivity index (χ0n) is 11.5. The van der Waals surface area contributed by atoms with Crippen LogP contribution in [0.5, 0.6) is 0 Å². The van der Waals surface area contributed by atoms with Crippen molar-refractivity contribution in [1.82, 2.24) is 9.78 Å². The number of aromatic nitrogens is 2. The van der Waals surface area contributed by atoms with E-state index in [2.05, 4.69) is 5.10 Å². The monoisotopic (exact) mass is 258 g/mol. The summed E-state index contributed by atoms with van der Waals surface area (Å²) in [6.07, 6.45) is 2.54. The Bertz CT molecular complexity index is 615. The molecule has 100 valence electrons. The number of aromatic carboxylic acids is 1. The highest BCUT2D eigenvalue weighted by atomic mass is 16.4. The molecule has 0 aliphatic heterocycles. The van der Waals surface area contributed by atoms with Crippen molar-refractivity contribution >= 4 is 5.97 Å².